The van der Waals surface area contributed by atoms with Crippen LogP contribution in [0, 0.1) is 6.92 Å². The van der Waals surface area contributed by atoms with E-state index in [1.54, 1.807) is 0 Å². The maximum atomic E-state index is 4.07. The van der Waals surface area contributed by atoms with E-state index in [-0.39, 0.29) is 0 Å². The van der Waals surface area contributed by atoms with Crippen LogP contribution in [0.5, 0.6) is 0 Å². The van der Waals surface area contributed by atoms with E-state index in [1.807, 2.05) is 12.4 Å². The zero-order valence-electron chi connectivity index (χ0n) is 15.8. The molecule has 0 aliphatic heterocycles. The summed E-state index contributed by atoms with van der Waals surface area (Å²) in [5, 5.41) is 3.63. The fraction of sp³-hybridized carbons (Fsp3) is 0.292. The fourth-order valence-electron chi connectivity index (χ4n) is 3.29. The van der Waals surface area contributed by atoms with Crippen molar-refractivity contribution in [3.8, 4) is 0 Å². The van der Waals surface area contributed by atoms with E-state index in [0.29, 0.717) is 6.04 Å². The molecular weight excluding hydrogens is 316 g/mol. The summed E-state index contributed by atoms with van der Waals surface area (Å²) in [5.41, 5.74) is 6.93. The third-order valence-electron chi connectivity index (χ3n) is 5.01. The van der Waals surface area contributed by atoms with Crippen LogP contribution in [0.15, 0.2) is 73.1 Å². The number of nitrogens with zero attached hydrogens (tertiary/aromatic N) is 1. The number of rotatable bonds is 8. The highest BCUT2D eigenvalue weighted by Crippen LogP contribution is 2.19. The Kier molecular flexibility index (Phi) is 6.56. The molecule has 2 aromatic carbocycles. The van der Waals surface area contributed by atoms with E-state index in [2.05, 4.69) is 84.8 Å². The molecule has 1 heterocycles. The Hall–Kier alpha value is -2.45. The number of hydrogen-bond donors (Lipinski definition) is 1. The van der Waals surface area contributed by atoms with Gasteiger partial charge in [-0.2, -0.15) is 0 Å². The molecule has 0 amide bonds. The maximum absolute atomic E-state index is 4.07. The molecule has 3 rings (SSSR count). The van der Waals surface area contributed by atoms with Gasteiger partial charge in [-0.15, -0.1) is 0 Å². The molecular formula is C24H28N2. The quantitative estimate of drug-likeness (QED) is 0.617. The summed E-state index contributed by atoms with van der Waals surface area (Å²) >= 11 is 0. The highest BCUT2D eigenvalue weighted by Gasteiger charge is 2.07. The van der Waals surface area contributed by atoms with Gasteiger partial charge in [0, 0.05) is 18.4 Å². The topological polar surface area (TPSA) is 24.9 Å². The Labute approximate surface area is 157 Å². The summed E-state index contributed by atoms with van der Waals surface area (Å²) in [6.07, 6.45) is 6.94. The largest absolute Gasteiger partial charge is 0.310 e. The van der Waals surface area contributed by atoms with E-state index in [4.69, 9.17) is 0 Å². The Morgan fingerprint density at radius 3 is 2.31 bits per heavy atom. The monoisotopic (exact) mass is 344 g/mol. The number of aryl methyl sites for hydroxylation is 3. The fourth-order valence-corrected chi connectivity index (χ4v) is 3.29. The third kappa shape index (κ3) is 5.27. The zero-order chi connectivity index (χ0) is 18.2. The molecule has 26 heavy (non-hydrogen) atoms. The van der Waals surface area contributed by atoms with Gasteiger partial charge in [0.05, 0.1) is 0 Å². The van der Waals surface area contributed by atoms with Gasteiger partial charge in [0.15, 0.2) is 0 Å². The summed E-state index contributed by atoms with van der Waals surface area (Å²) < 4.78 is 0. The van der Waals surface area contributed by atoms with Gasteiger partial charge >= 0.3 is 0 Å². The van der Waals surface area contributed by atoms with E-state index in [1.165, 1.54) is 27.8 Å². The predicted molar refractivity (Wildman–Crippen MR) is 109 cm³/mol. The minimum Gasteiger partial charge on any atom is -0.310 e. The summed E-state index contributed by atoms with van der Waals surface area (Å²) in [6, 6.07) is 22.2. The first-order valence-electron chi connectivity index (χ1n) is 9.48. The van der Waals surface area contributed by atoms with Gasteiger partial charge in [-0.1, -0.05) is 48.5 Å². The number of aromatic nitrogens is 1. The molecule has 0 saturated heterocycles. The normalized spacial score (nSPS) is 12.1. The lowest BCUT2D eigenvalue weighted by molar-refractivity contribution is 0.576. The van der Waals surface area contributed by atoms with Gasteiger partial charge < -0.3 is 5.32 Å². The molecule has 1 atom stereocenters. The van der Waals surface area contributed by atoms with Gasteiger partial charge in [-0.25, -0.2) is 0 Å². The minimum absolute atomic E-state index is 0.360. The highest BCUT2D eigenvalue weighted by atomic mass is 14.9. The van der Waals surface area contributed by atoms with Crippen molar-refractivity contribution in [3.05, 3.63) is 101 Å². The Balaban J connectivity index is 1.52. The molecule has 0 radical (unpaired) electrons. The number of nitrogens with one attached hydrogen (secondary N) is 1. The van der Waals surface area contributed by atoms with Gasteiger partial charge in [0.2, 0.25) is 0 Å². The zero-order valence-corrected chi connectivity index (χ0v) is 15.8. The molecule has 0 bridgehead atoms. The lowest BCUT2D eigenvalue weighted by Crippen LogP contribution is -2.21. The lowest BCUT2D eigenvalue weighted by Gasteiger charge is -2.16. The first-order valence-corrected chi connectivity index (χ1v) is 9.48. The lowest BCUT2D eigenvalue weighted by atomic mass is 9.96. The van der Waals surface area contributed by atoms with Crippen molar-refractivity contribution in [1.82, 2.24) is 10.3 Å². The van der Waals surface area contributed by atoms with E-state index >= 15 is 0 Å². The van der Waals surface area contributed by atoms with Crippen LogP contribution in [0.4, 0.5) is 0 Å². The van der Waals surface area contributed by atoms with Crippen LogP contribution in [0.1, 0.15) is 40.8 Å². The summed E-state index contributed by atoms with van der Waals surface area (Å²) in [5.74, 6) is 0. The van der Waals surface area contributed by atoms with Crippen LogP contribution in [0.2, 0.25) is 0 Å². The molecule has 1 unspecified atom stereocenters. The van der Waals surface area contributed by atoms with Crippen molar-refractivity contribution in [1.29, 1.82) is 0 Å². The van der Waals surface area contributed by atoms with Gasteiger partial charge in [0.1, 0.15) is 0 Å². The molecule has 0 fully saturated rings. The molecule has 1 aromatic heterocycles. The number of hydrogen-bond acceptors (Lipinski definition) is 2. The summed E-state index contributed by atoms with van der Waals surface area (Å²) in [6.45, 7) is 5.44. The Morgan fingerprint density at radius 1 is 0.846 bits per heavy atom. The first-order chi connectivity index (χ1) is 12.7. The average molecular weight is 345 g/mol. The standard InChI is InChI=1S/C24H28N2/c1-19-18-24(20(2)26-17-14-22-12-15-25-16-13-22)11-10-23(19)9-8-21-6-4-3-5-7-21/h3-7,10-13,15-16,18,20,26H,8-9,14,17H2,1-2H3. The SMILES string of the molecule is Cc1cc(C(C)NCCc2ccncc2)ccc1CCc1ccccc1. The van der Waals surface area contributed by atoms with Crippen LogP contribution in [0.25, 0.3) is 0 Å². The third-order valence-corrected chi connectivity index (χ3v) is 5.01. The second kappa shape index (κ2) is 9.30. The summed E-state index contributed by atoms with van der Waals surface area (Å²) in [7, 11) is 0. The number of benzene rings is 2. The van der Waals surface area contributed by atoms with Crippen molar-refractivity contribution in [2.24, 2.45) is 0 Å². The molecule has 0 saturated carbocycles. The average Bonchev–Trinajstić information content (AvgIpc) is 2.68. The van der Waals surface area contributed by atoms with Crippen LogP contribution in [-0.2, 0) is 19.3 Å². The van der Waals surface area contributed by atoms with Crippen LogP contribution in [0.3, 0.4) is 0 Å². The van der Waals surface area contributed by atoms with Gasteiger partial charge in [0.25, 0.3) is 0 Å². The van der Waals surface area contributed by atoms with Crippen LogP contribution >= 0.6 is 0 Å². The van der Waals surface area contributed by atoms with Gasteiger partial charge in [-0.3, -0.25) is 4.98 Å². The van der Waals surface area contributed by atoms with E-state index < -0.39 is 0 Å². The first kappa shape index (κ1) is 18.3. The van der Waals surface area contributed by atoms with Gasteiger partial charge in [-0.05, 0) is 79.6 Å². The molecule has 0 spiro atoms. The maximum Gasteiger partial charge on any atom is 0.0292 e. The second-order valence-corrected chi connectivity index (χ2v) is 6.95. The number of pyridine rings is 1. The van der Waals surface area contributed by atoms with Crippen LogP contribution in [-0.4, -0.2) is 11.5 Å². The molecule has 2 heteroatoms. The smallest absolute Gasteiger partial charge is 0.0292 e. The molecule has 2 nitrogen and oxygen atoms in total. The molecule has 134 valence electrons. The van der Waals surface area contributed by atoms with Crippen molar-refractivity contribution < 1.29 is 0 Å². The van der Waals surface area contributed by atoms with Crippen molar-refractivity contribution in [3.63, 3.8) is 0 Å². The molecule has 3 aromatic rings. The van der Waals surface area contributed by atoms with E-state index in [9.17, 15) is 0 Å². The second-order valence-electron chi connectivity index (χ2n) is 6.95. The van der Waals surface area contributed by atoms with Crippen molar-refractivity contribution >= 4 is 0 Å². The van der Waals surface area contributed by atoms with Crippen molar-refractivity contribution in [2.45, 2.75) is 39.2 Å². The molecule has 0 aliphatic carbocycles. The summed E-state index contributed by atoms with van der Waals surface area (Å²) in [4.78, 5) is 4.07. The Bertz CT molecular complexity index is 797. The Morgan fingerprint density at radius 2 is 1.58 bits per heavy atom. The minimum atomic E-state index is 0.360. The highest BCUT2D eigenvalue weighted by molar-refractivity contribution is 5.33. The van der Waals surface area contributed by atoms with E-state index in [0.717, 1.165) is 25.8 Å². The molecule has 0 aliphatic rings. The van der Waals surface area contributed by atoms with Crippen LogP contribution < -0.4 is 5.32 Å². The van der Waals surface area contributed by atoms with Crippen molar-refractivity contribution in [2.75, 3.05) is 6.54 Å². The predicted octanol–water partition coefficient (Wildman–Crippen LogP) is 5.07. The molecule has 1 N–H and O–H groups in total.